The molecule has 2 saturated carbocycles. The van der Waals surface area contributed by atoms with E-state index in [1.807, 2.05) is 6.92 Å². The van der Waals surface area contributed by atoms with Crippen molar-refractivity contribution in [3.63, 3.8) is 0 Å². The highest BCUT2D eigenvalue weighted by Gasteiger charge is 2.68. The number of hydrogen-bond acceptors (Lipinski definition) is 3. The first kappa shape index (κ1) is 11.6. The first-order valence-corrected chi connectivity index (χ1v) is 6.07. The summed E-state index contributed by atoms with van der Waals surface area (Å²) < 4.78 is 5.03. The second-order valence-electron chi connectivity index (χ2n) is 5.79. The molecule has 0 unspecified atom stereocenters. The Labute approximate surface area is 96.5 Å². The third-order valence-corrected chi connectivity index (χ3v) is 5.07. The monoisotopic (exact) mass is 224 g/mol. The molecule has 3 nitrogen and oxygen atoms in total. The molecular weight excluding hydrogens is 204 g/mol. The third kappa shape index (κ3) is 1.14. The number of carbonyl (C=O) groups excluding carboxylic acids is 2. The van der Waals surface area contributed by atoms with Crippen LogP contribution in [0.5, 0.6) is 0 Å². The van der Waals surface area contributed by atoms with Crippen molar-refractivity contribution in [2.24, 2.45) is 22.7 Å². The number of fused-ring (bicyclic) bond motifs is 2. The molecule has 3 heteroatoms. The molecule has 0 aliphatic heterocycles. The lowest BCUT2D eigenvalue weighted by Crippen LogP contribution is -2.36. The smallest absolute Gasteiger partial charge is 0.316 e. The SMILES string of the molecule is CCOC(=O)[C@H]1C(=O)[C@@]2(C)CC[C@H]1C2(C)C. The van der Waals surface area contributed by atoms with Gasteiger partial charge in [-0.1, -0.05) is 20.8 Å². The van der Waals surface area contributed by atoms with Crippen LogP contribution in [0.25, 0.3) is 0 Å². The maximum absolute atomic E-state index is 12.3. The summed E-state index contributed by atoms with van der Waals surface area (Å²) in [5, 5.41) is 0. The van der Waals surface area contributed by atoms with Crippen molar-refractivity contribution in [1.82, 2.24) is 0 Å². The summed E-state index contributed by atoms with van der Waals surface area (Å²) in [6, 6.07) is 0. The molecule has 0 spiro atoms. The van der Waals surface area contributed by atoms with E-state index < -0.39 is 5.92 Å². The highest BCUT2D eigenvalue weighted by atomic mass is 16.5. The molecule has 16 heavy (non-hydrogen) atoms. The Balaban J connectivity index is 2.33. The van der Waals surface area contributed by atoms with E-state index in [0.29, 0.717) is 6.61 Å². The summed E-state index contributed by atoms with van der Waals surface area (Å²) in [4.78, 5) is 24.2. The number of hydrogen-bond donors (Lipinski definition) is 0. The van der Waals surface area contributed by atoms with Crippen LogP contribution in [-0.4, -0.2) is 18.4 Å². The minimum atomic E-state index is -0.506. The zero-order valence-electron chi connectivity index (χ0n) is 10.5. The molecule has 0 amide bonds. The van der Waals surface area contributed by atoms with Crippen molar-refractivity contribution >= 4 is 11.8 Å². The van der Waals surface area contributed by atoms with Crippen molar-refractivity contribution in [3.05, 3.63) is 0 Å². The second kappa shape index (κ2) is 3.31. The van der Waals surface area contributed by atoms with Gasteiger partial charge in [-0.25, -0.2) is 0 Å². The topological polar surface area (TPSA) is 43.4 Å². The molecule has 0 saturated heterocycles. The molecular formula is C13H20O3. The Hall–Kier alpha value is -0.860. The fraction of sp³-hybridized carbons (Fsp3) is 0.846. The van der Waals surface area contributed by atoms with Gasteiger partial charge in [-0.2, -0.15) is 0 Å². The minimum Gasteiger partial charge on any atom is -0.465 e. The van der Waals surface area contributed by atoms with Gasteiger partial charge in [0, 0.05) is 5.41 Å². The van der Waals surface area contributed by atoms with Gasteiger partial charge in [0.2, 0.25) is 0 Å². The highest BCUT2D eigenvalue weighted by molar-refractivity contribution is 6.05. The predicted octanol–water partition coefficient (Wildman–Crippen LogP) is 2.19. The van der Waals surface area contributed by atoms with E-state index >= 15 is 0 Å². The maximum Gasteiger partial charge on any atom is 0.316 e. The van der Waals surface area contributed by atoms with Crippen LogP contribution in [0.3, 0.4) is 0 Å². The molecule has 2 aliphatic carbocycles. The zero-order valence-corrected chi connectivity index (χ0v) is 10.5. The maximum atomic E-state index is 12.3. The summed E-state index contributed by atoms with van der Waals surface area (Å²) in [6.07, 6.45) is 1.89. The molecule has 2 bridgehead atoms. The van der Waals surface area contributed by atoms with Crippen LogP contribution in [0.15, 0.2) is 0 Å². The van der Waals surface area contributed by atoms with Crippen LogP contribution in [0.4, 0.5) is 0 Å². The van der Waals surface area contributed by atoms with E-state index in [0.717, 1.165) is 12.8 Å². The van der Waals surface area contributed by atoms with Crippen molar-refractivity contribution < 1.29 is 14.3 Å². The van der Waals surface area contributed by atoms with Crippen molar-refractivity contribution in [2.75, 3.05) is 6.61 Å². The van der Waals surface area contributed by atoms with Gasteiger partial charge in [0.15, 0.2) is 5.78 Å². The van der Waals surface area contributed by atoms with E-state index in [4.69, 9.17) is 4.74 Å². The number of ketones is 1. The van der Waals surface area contributed by atoms with E-state index in [1.165, 1.54) is 0 Å². The number of esters is 1. The van der Waals surface area contributed by atoms with Crippen LogP contribution in [0.1, 0.15) is 40.5 Å². The number of Topliss-reactive ketones (excluding diaryl/α,β-unsaturated/α-hetero) is 1. The summed E-state index contributed by atoms with van der Waals surface area (Å²) in [5.41, 5.74) is -0.392. The van der Waals surface area contributed by atoms with Crippen LogP contribution >= 0.6 is 0 Å². The molecule has 0 radical (unpaired) electrons. The van der Waals surface area contributed by atoms with Gasteiger partial charge in [0.05, 0.1) is 6.61 Å². The van der Waals surface area contributed by atoms with E-state index in [-0.39, 0.29) is 28.5 Å². The van der Waals surface area contributed by atoms with Gasteiger partial charge in [0.25, 0.3) is 0 Å². The lowest BCUT2D eigenvalue weighted by Gasteiger charge is -2.32. The lowest BCUT2D eigenvalue weighted by molar-refractivity contribution is -0.154. The fourth-order valence-electron chi connectivity index (χ4n) is 3.59. The molecule has 3 atom stereocenters. The van der Waals surface area contributed by atoms with E-state index in [9.17, 15) is 9.59 Å². The van der Waals surface area contributed by atoms with Gasteiger partial charge < -0.3 is 4.74 Å². The lowest BCUT2D eigenvalue weighted by atomic mass is 9.70. The summed E-state index contributed by atoms with van der Waals surface area (Å²) in [5.74, 6) is -0.543. The molecule has 0 heterocycles. The zero-order chi connectivity index (χ0) is 12.1. The van der Waals surface area contributed by atoms with Gasteiger partial charge in [0.1, 0.15) is 5.92 Å². The molecule has 0 aromatic carbocycles. The van der Waals surface area contributed by atoms with Gasteiger partial charge >= 0.3 is 5.97 Å². The molecule has 2 aliphatic rings. The molecule has 2 rings (SSSR count). The van der Waals surface area contributed by atoms with E-state index in [1.54, 1.807) is 6.92 Å². The molecule has 0 aromatic rings. The number of carbonyl (C=O) groups is 2. The Kier molecular flexibility index (Phi) is 2.41. The average Bonchev–Trinajstić information content (AvgIpc) is 2.50. The van der Waals surface area contributed by atoms with Gasteiger partial charge in [-0.05, 0) is 31.1 Å². The third-order valence-electron chi connectivity index (χ3n) is 5.07. The van der Waals surface area contributed by atoms with Gasteiger partial charge in [-0.3, -0.25) is 9.59 Å². The molecule has 0 N–H and O–H groups in total. The number of rotatable bonds is 2. The predicted molar refractivity (Wildman–Crippen MR) is 59.7 cm³/mol. The second-order valence-corrected chi connectivity index (χ2v) is 5.79. The average molecular weight is 224 g/mol. The largest absolute Gasteiger partial charge is 0.465 e. The van der Waals surface area contributed by atoms with Crippen LogP contribution in [0.2, 0.25) is 0 Å². The summed E-state index contributed by atoms with van der Waals surface area (Å²) >= 11 is 0. The quantitative estimate of drug-likeness (QED) is 0.533. The van der Waals surface area contributed by atoms with Crippen molar-refractivity contribution in [2.45, 2.75) is 40.5 Å². The minimum absolute atomic E-state index is 0.0679. The van der Waals surface area contributed by atoms with Crippen LogP contribution in [0, 0.1) is 22.7 Å². The Bertz CT molecular complexity index is 345. The Morgan fingerprint density at radius 3 is 2.50 bits per heavy atom. The summed E-state index contributed by atoms with van der Waals surface area (Å²) in [6.45, 7) is 8.37. The standard InChI is InChI=1S/C13H20O3/c1-5-16-11(15)9-8-6-7-13(4,10(9)14)12(8,2)3/h8-9H,5-7H2,1-4H3/t8-,9-,13-/m1/s1. The molecule has 0 aromatic heterocycles. The Morgan fingerprint density at radius 1 is 1.44 bits per heavy atom. The fourth-order valence-corrected chi connectivity index (χ4v) is 3.59. The first-order valence-electron chi connectivity index (χ1n) is 6.07. The number of ether oxygens (including phenoxy) is 1. The van der Waals surface area contributed by atoms with Crippen LogP contribution in [-0.2, 0) is 14.3 Å². The first-order chi connectivity index (χ1) is 7.36. The molecule has 2 fully saturated rings. The van der Waals surface area contributed by atoms with Gasteiger partial charge in [-0.15, -0.1) is 0 Å². The summed E-state index contributed by atoms with van der Waals surface area (Å²) in [7, 11) is 0. The Morgan fingerprint density at radius 2 is 2.06 bits per heavy atom. The van der Waals surface area contributed by atoms with E-state index in [2.05, 4.69) is 13.8 Å². The van der Waals surface area contributed by atoms with Crippen molar-refractivity contribution in [3.8, 4) is 0 Å². The van der Waals surface area contributed by atoms with Crippen LogP contribution < -0.4 is 0 Å². The normalized spacial score (nSPS) is 40.1. The highest BCUT2D eigenvalue weighted by Crippen LogP contribution is 2.65. The molecule has 90 valence electrons. The van der Waals surface area contributed by atoms with Crippen molar-refractivity contribution in [1.29, 1.82) is 0 Å².